The Morgan fingerprint density at radius 2 is 0.921 bits per heavy atom. The Kier molecular flexibility index (Phi) is 26.6. The topological polar surface area (TPSA) is 361 Å². The van der Waals surface area contributed by atoms with Crippen molar-refractivity contribution < 1.29 is 58.2 Å². The first-order chi connectivity index (χ1) is 35.3. The molecule has 9 amide bonds. The first kappa shape index (κ1) is 65.5. The van der Waals surface area contributed by atoms with Gasteiger partial charge in [-0.25, -0.2) is 0 Å². The van der Waals surface area contributed by atoms with Crippen molar-refractivity contribution in [3.8, 4) is 0 Å². The summed E-state index contributed by atoms with van der Waals surface area (Å²) in [6, 6.07) is -3.04. The van der Waals surface area contributed by atoms with Gasteiger partial charge in [-0.3, -0.25) is 47.9 Å². The third-order valence-corrected chi connectivity index (χ3v) is 12.5. The second-order valence-electron chi connectivity index (χ2n) is 21.9. The van der Waals surface area contributed by atoms with Crippen molar-refractivity contribution in [2.24, 2.45) is 41.2 Å². The number of nitrogens with two attached hydrogens (primary N) is 1. The van der Waals surface area contributed by atoms with Crippen molar-refractivity contribution in [1.82, 2.24) is 52.8 Å². The van der Waals surface area contributed by atoms with Gasteiger partial charge >= 0.3 is 5.97 Å². The predicted octanol–water partition coefficient (Wildman–Crippen LogP) is 0.624. The van der Waals surface area contributed by atoms with E-state index >= 15 is 0 Å². The summed E-state index contributed by atoms with van der Waals surface area (Å²) in [4.78, 5) is 136. The monoisotopic (exact) mass is 1070 g/mol. The van der Waals surface area contributed by atoms with Gasteiger partial charge in [0.1, 0.15) is 48.3 Å². The molecule has 0 unspecified atom stereocenters. The zero-order chi connectivity index (χ0) is 57.9. The van der Waals surface area contributed by atoms with Gasteiger partial charge in [-0.05, 0) is 87.7 Å². The van der Waals surface area contributed by atoms with Crippen LogP contribution in [0.15, 0.2) is 30.5 Å². The van der Waals surface area contributed by atoms with Gasteiger partial charge in [0.05, 0.1) is 18.1 Å². The van der Waals surface area contributed by atoms with E-state index in [-0.39, 0.29) is 50.0 Å². The molecule has 2 rings (SSSR count). The molecule has 0 aliphatic rings. The SMILES string of the molecule is CC(C)C[C@H](NC(=O)[C@@H](CC(C)C)NC(=O)[C@@H](C)CNC(=O)[C@@H](NC(=O)[C@@H](NC(=O)[C@@H](CC(C)C)NC(=O)[C@@H](N)Cc1c[nH]c2ccccc12)C(C)C)[C@@H](C)O)C(=O)N[C@H](C)C(=O)N[C@H](C(=O)N[C@H](C)C(=O)O)C(C)C. The van der Waals surface area contributed by atoms with Crippen LogP contribution >= 0.6 is 0 Å². The van der Waals surface area contributed by atoms with Crippen LogP contribution in [0.25, 0.3) is 10.9 Å². The minimum Gasteiger partial charge on any atom is -0.480 e. The van der Waals surface area contributed by atoms with Gasteiger partial charge in [0.15, 0.2) is 0 Å². The Labute approximate surface area is 446 Å². The van der Waals surface area contributed by atoms with Crippen LogP contribution in [0.3, 0.4) is 0 Å². The van der Waals surface area contributed by atoms with Crippen LogP contribution < -0.4 is 53.6 Å². The average Bonchev–Trinajstić information content (AvgIpc) is 3.73. The third kappa shape index (κ3) is 21.2. The second kappa shape index (κ2) is 30.8. The molecule has 23 nitrogen and oxygen atoms in total. The maximum atomic E-state index is 13.9. The number of carbonyl (C=O) groups excluding carboxylic acids is 9. The molecule has 1 heterocycles. The summed E-state index contributed by atoms with van der Waals surface area (Å²) in [6.45, 7) is 22.8. The number of para-hydroxylation sites is 1. The molecule has 76 heavy (non-hydrogen) atoms. The third-order valence-electron chi connectivity index (χ3n) is 12.5. The van der Waals surface area contributed by atoms with Crippen molar-refractivity contribution in [1.29, 1.82) is 0 Å². The number of hydrogen-bond donors (Lipinski definition) is 13. The van der Waals surface area contributed by atoms with Crippen LogP contribution in [-0.2, 0) is 54.4 Å². The van der Waals surface area contributed by atoms with Crippen molar-refractivity contribution >= 4 is 70.0 Å². The lowest BCUT2D eigenvalue weighted by Crippen LogP contribution is -2.61. The van der Waals surface area contributed by atoms with Gasteiger partial charge in [-0.2, -0.15) is 0 Å². The summed E-state index contributed by atoms with van der Waals surface area (Å²) in [5, 5.41) is 44.2. The number of hydrogen-bond acceptors (Lipinski definition) is 12. The van der Waals surface area contributed by atoms with Gasteiger partial charge in [0.25, 0.3) is 0 Å². The summed E-state index contributed by atoms with van der Waals surface area (Å²) in [7, 11) is 0. The molecule has 14 N–H and O–H groups in total. The van der Waals surface area contributed by atoms with Gasteiger partial charge in [0.2, 0.25) is 53.2 Å². The summed E-state index contributed by atoms with van der Waals surface area (Å²) >= 11 is 0. The van der Waals surface area contributed by atoms with E-state index in [1.165, 1.54) is 27.7 Å². The Bertz CT molecular complexity index is 2320. The minimum absolute atomic E-state index is 0.0512. The molecule has 0 saturated carbocycles. The number of benzene rings is 1. The van der Waals surface area contributed by atoms with Gasteiger partial charge < -0.3 is 68.8 Å². The molecule has 0 saturated heterocycles. The highest BCUT2D eigenvalue weighted by Gasteiger charge is 2.36. The van der Waals surface area contributed by atoms with E-state index in [1.54, 1.807) is 33.9 Å². The molecule has 1 aromatic carbocycles. The number of aliphatic hydroxyl groups is 1. The van der Waals surface area contributed by atoms with Gasteiger partial charge in [0, 0.05) is 23.6 Å². The number of aromatic amines is 1. The number of carbonyl (C=O) groups is 10. The highest BCUT2D eigenvalue weighted by molar-refractivity contribution is 5.97. The molecule has 2 aromatic rings. The number of aliphatic hydroxyl groups excluding tert-OH is 1. The van der Waals surface area contributed by atoms with E-state index in [2.05, 4.69) is 52.8 Å². The maximum Gasteiger partial charge on any atom is 0.325 e. The number of aromatic nitrogens is 1. The lowest BCUT2D eigenvalue weighted by molar-refractivity contribution is -0.142. The number of amides is 9. The minimum atomic E-state index is -1.53. The van der Waals surface area contributed by atoms with Crippen molar-refractivity contribution in [2.75, 3.05) is 6.54 Å². The fourth-order valence-electron chi connectivity index (χ4n) is 8.05. The molecular weight excluding hydrogens is 983 g/mol. The number of aliphatic carboxylic acids is 1. The van der Waals surface area contributed by atoms with Crippen LogP contribution in [0.5, 0.6) is 0 Å². The van der Waals surface area contributed by atoms with Gasteiger partial charge in [-0.15, -0.1) is 0 Å². The average molecular weight is 1070 g/mol. The van der Waals surface area contributed by atoms with E-state index in [4.69, 9.17) is 5.73 Å². The zero-order valence-corrected chi connectivity index (χ0v) is 46.7. The molecule has 0 aliphatic carbocycles. The number of fused-ring (bicyclic) bond motifs is 1. The molecule has 0 radical (unpaired) electrons. The number of carboxylic acid groups (broad SMARTS) is 1. The standard InChI is InChI=1S/C53H87N11O12/c1-25(2)19-38(47(69)57-31(12)45(67)62-41(28(7)8)51(73)58-32(13)53(75)76)61-48(70)39(20-26(3)4)59-44(66)30(11)23-56-50(72)43(33(14)65)64-52(74)42(29(9)10)63-49(71)40(21-27(5)6)60-46(68)36(54)22-34-24-55-37-18-16-15-17-35(34)37/h15-18,24-33,36,38-43,55,65H,19-23,54H2,1-14H3,(H,56,72)(H,57,69)(H,58,73)(H,59,66)(H,60,68)(H,61,70)(H,62,67)(H,63,71)(H,64,74)(H,75,76)/t30-,31+,32+,33+,36-,38-,39+,40+,41-,42-,43-/m0/s1. The Hall–Kier alpha value is -6.62. The molecule has 0 bridgehead atoms. The van der Waals surface area contributed by atoms with Crippen molar-refractivity contribution in [3.63, 3.8) is 0 Å². The van der Waals surface area contributed by atoms with E-state index < -0.39 is 137 Å². The fraction of sp³-hybridized carbons (Fsp3) is 0.660. The van der Waals surface area contributed by atoms with E-state index in [0.29, 0.717) is 0 Å². The Morgan fingerprint density at radius 3 is 1.41 bits per heavy atom. The largest absolute Gasteiger partial charge is 0.480 e. The highest BCUT2D eigenvalue weighted by Crippen LogP contribution is 2.19. The van der Waals surface area contributed by atoms with E-state index in [9.17, 15) is 58.2 Å². The van der Waals surface area contributed by atoms with Crippen molar-refractivity contribution in [2.45, 2.75) is 183 Å². The fourth-order valence-corrected chi connectivity index (χ4v) is 8.05. The smallest absolute Gasteiger partial charge is 0.325 e. The molecule has 426 valence electrons. The number of rotatable bonds is 31. The van der Waals surface area contributed by atoms with Crippen molar-refractivity contribution in [3.05, 3.63) is 36.0 Å². The summed E-state index contributed by atoms with van der Waals surface area (Å²) in [5.41, 5.74) is 8.05. The molecule has 1 aromatic heterocycles. The normalized spacial score (nSPS) is 16.0. The lowest BCUT2D eigenvalue weighted by Gasteiger charge is -2.29. The first-order valence-corrected chi connectivity index (χ1v) is 26.3. The predicted molar refractivity (Wildman–Crippen MR) is 286 cm³/mol. The van der Waals surface area contributed by atoms with Gasteiger partial charge in [-0.1, -0.05) is 94.4 Å². The molecular formula is C53H87N11O12. The number of H-pyrrole nitrogens is 1. The number of carboxylic acids is 1. The molecule has 0 spiro atoms. The zero-order valence-electron chi connectivity index (χ0n) is 46.7. The van der Waals surface area contributed by atoms with Crippen LogP contribution in [0, 0.1) is 35.5 Å². The van der Waals surface area contributed by atoms with E-state index in [1.807, 2.05) is 65.8 Å². The summed E-state index contributed by atoms with van der Waals surface area (Å²) < 4.78 is 0. The van der Waals surface area contributed by atoms with E-state index in [0.717, 1.165) is 16.5 Å². The second-order valence-corrected chi connectivity index (χ2v) is 21.9. The summed E-state index contributed by atoms with van der Waals surface area (Å²) in [6.07, 6.45) is 1.06. The maximum absolute atomic E-state index is 13.9. The van der Waals surface area contributed by atoms with Crippen LogP contribution in [-0.4, -0.2) is 141 Å². The first-order valence-electron chi connectivity index (χ1n) is 26.3. The lowest BCUT2D eigenvalue weighted by atomic mass is 9.98. The summed E-state index contributed by atoms with van der Waals surface area (Å²) in [5.74, 6) is -9.81. The quantitative estimate of drug-likeness (QED) is 0.0493. The molecule has 0 fully saturated rings. The number of nitrogens with one attached hydrogen (secondary N) is 10. The Balaban J connectivity index is 2.12. The van der Waals surface area contributed by atoms with Crippen LogP contribution in [0.4, 0.5) is 0 Å². The van der Waals surface area contributed by atoms with Crippen LogP contribution in [0.2, 0.25) is 0 Å². The molecule has 11 atom stereocenters. The van der Waals surface area contributed by atoms with Crippen LogP contribution in [0.1, 0.15) is 122 Å². The molecule has 23 heteroatoms. The Morgan fingerprint density at radius 1 is 0.500 bits per heavy atom. The highest BCUT2D eigenvalue weighted by atomic mass is 16.4. The molecule has 0 aliphatic heterocycles.